The fourth-order valence-corrected chi connectivity index (χ4v) is 1.22. The Morgan fingerprint density at radius 2 is 2.42 bits per heavy atom. The first-order valence-electron chi connectivity index (χ1n) is 3.81. The average Bonchev–Trinajstić information content (AvgIpc) is 2.03. The lowest BCUT2D eigenvalue weighted by Gasteiger charge is -2.28. The van der Waals surface area contributed by atoms with Crippen LogP contribution in [0, 0.1) is 0 Å². The maximum Gasteiger partial charge on any atom is 0.246 e. The first kappa shape index (κ1) is 8.77. The molecule has 1 fully saturated rings. The molecule has 0 bridgehead atoms. The molecule has 1 saturated heterocycles. The van der Waals surface area contributed by atoms with Crippen LogP contribution in [-0.4, -0.2) is 30.3 Å². The number of hydrogen-bond acceptors (Lipinski definition) is 2. The first-order valence-corrected chi connectivity index (χ1v) is 3.81. The summed E-state index contributed by atoms with van der Waals surface area (Å²) >= 11 is 0. The van der Waals surface area contributed by atoms with E-state index in [4.69, 9.17) is 0 Å². The van der Waals surface area contributed by atoms with Crippen LogP contribution in [0.25, 0.3) is 0 Å². The van der Waals surface area contributed by atoms with Crippen molar-refractivity contribution in [2.24, 2.45) is 0 Å². The Labute approximate surface area is 71.2 Å². The van der Waals surface area contributed by atoms with Crippen molar-refractivity contribution in [3.8, 4) is 0 Å². The lowest BCUT2D eigenvalue weighted by molar-refractivity contribution is -0.132. The van der Waals surface area contributed by atoms with E-state index in [2.05, 4.69) is 11.9 Å². The van der Waals surface area contributed by atoms with Gasteiger partial charge in [0.25, 0.3) is 0 Å². The average molecular weight is 168 g/mol. The fourth-order valence-electron chi connectivity index (χ4n) is 1.22. The van der Waals surface area contributed by atoms with Gasteiger partial charge < -0.3 is 10.2 Å². The zero-order chi connectivity index (χ0) is 9.14. The fraction of sp³-hybridized carbons (Fsp3) is 0.500. The zero-order valence-electron chi connectivity index (χ0n) is 7.04. The minimum atomic E-state index is -0.326. The molecule has 0 radical (unpaired) electrons. The van der Waals surface area contributed by atoms with Crippen LogP contribution < -0.4 is 5.32 Å². The second-order valence-electron chi connectivity index (χ2n) is 2.92. The van der Waals surface area contributed by atoms with Crippen molar-refractivity contribution in [3.63, 3.8) is 0 Å². The highest BCUT2D eigenvalue weighted by Crippen LogP contribution is 2.13. The molecule has 1 rings (SSSR count). The van der Waals surface area contributed by atoms with E-state index in [0.717, 1.165) is 12.1 Å². The van der Waals surface area contributed by atoms with Crippen molar-refractivity contribution in [1.82, 2.24) is 10.2 Å². The normalized spacial score (nSPS) is 23.2. The highest BCUT2D eigenvalue weighted by Gasteiger charge is 2.26. The van der Waals surface area contributed by atoms with E-state index in [1.165, 1.54) is 4.90 Å². The SMILES string of the molecule is C=C1CCC(N(C)C=O)C(=O)N1. The smallest absolute Gasteiger partial charge is 0.246 e. The van der Waals surface area contributed by atoms with Crippen LogP contribution in [-0.2, 0) is 9.59 Å². The van der Waals surface area contributed by atoms with E-state index >= 15 is 0 Å². The third-order valence-corrected chi connectivity index (χ3v) is 1.98. The van der Waals surface area contributed by atoms with Crippen LogP contribution in [0.3, 0.4) is 0 Å². The summed E-state index contributed by atoms with van der Waals surface area (Å²) < 4.78 is 0. The summed E-state index contributed by atoms with van der Waals surface area (Å²) in [6.45, 7) is 3.65. The number of carbonyl (C=O) groups excluding carboxylic acids is 2. The molecule has 1 atom stereocenters. The molecule has 66 valence electrons. The topological polar surface area (TPSA) is 49.4 Å². The molecule has 0 aromatic heterocycles. The molecule has 0 aromatic rings. The molecule has 0 saturated carbocycles. The second-order valence-corrected chi connectivity index (χ2v) is 2.92. The van der Waals surface area contributed by atoms with Gasteiger partial charge in [0.15, 0.2) is 0 Å². The van der Waals surface area contributed by atoms with E-state index in [0.29, 0.717) is 12.8 Å². The quantitative estimate of drug-likeness (QED) is 0.584. The summed E-state index contributed by atoms with van der Waals surface area (Å²) in [6.07, 6.45) is 2.08. The standard InChI is InChI=1S/C8H12N2O2/c1-6-3-4-7(8(12)9-6)10(2)5-11/h5,7H,1,3-4H2,2H3,(H,9,12). The molecule has 12 heavy (non-hydrogen) atoms. The maximum absolute atomic E-state index is 11.2. The molecule has 0 spiro atoms. The molecular formula is C8H12N2O2. The van der Waals surface area contributed by atoms with Crippen molar-refractivity contribution in [2.45, 2.75) is 18.9 Å². The van der Waals surface area contributed by atoms with Crippen LogP contribution in [0.2, 0.25) is 0 Å². The molecular weight excluding hydrogens is 156 g/mol. The molecule has 1 N–H and O–H groups in total. The van der Waals surface area contributed by atoms with Gasteiger partial charge in [0.2, 0.25) is 12.3 Å². The van der Waals surface area contributed by atoms with Gasteiger partial charge in [-0.25, -0.2) is 0 Å². The molecule has 0 aliphatic carbocycles. The van der Waals surface area contributed by atoms with Crippen LogP contribution in [0.1, 0.15) is 12.8 Å². The molecule has 1 heterocycles. The predicted molar refractivity (Wildman–Crippen MR) is 44.1 cm³/mol. The molecule has 1 aliphatic heterocycles. The van der Waals surface area contributed by atoms with Crippen molar-refractivity contribution < 1.29 is 9.59 Å². The van der Waals surface area contributed by atoms with Gasteiger partial charge in [-0.05, 0) is 12.8 Å². The lowest BCUT2D eigenvalue weighted by Crippen LogP contribution is -2.47. The minimum absolute atomic E-state index is 0.138. The van der Waals surface area contributed by atoms with E-state index in [9.17, 15) is 9.59 Å². The van der Waals surface area contributed by atoms with Gasteiger partial charge >= 0.3 is 0 Å². The number of nitrogens with one attached hydrogen (secondary N) is 1. The molecule has 0 aromatic carbocycles. The van der Waals surface area contributed by atoms with Gasteiger partial charge in [-0.2, -0.15) is 0 Å². The van der Waals surface area contributed by atoms with E-state index in [1.54, 1.807) is 7.05 Å². The highest BCUT2D eigenvalue weighted by atomic mass is 16.2. The maximum atomic E-state index is 11.2. The lowest BCUT2D eigenvalue weighted by atomic mass is 10.0. The number of carbonyl (C=O) groups is 2. The van der Waals surface area contributed by atoms with Crippen LogP contribution >= 0.6 is 0 Å². The van der Waals surface area contributed by atoms with Gasteiger partial charge in [-0.1, -0.05) is 6.58 Å². The third kappa shape index (κ3) is 1.64. The minimum Gasteiger partial charge on any atom is -0.336 e. The number of nitrogens with zero attached hydrogens (tertiary/aromatic N) is 1. The van der Waals surface area contributed by atoms with Crippen LogP contribution in [0.5, 0.6) is 0 Å². The van der Waals surface area contributed by atoms with Crippen LogP contribution in [0.15, 0.2) is 12.3 Å². The summed E-state index contributed by atoms with van der Waals surface area (Å²) in [4.78, 5) is 23.0. The third-order valence-electron chi connectivity index (χ3n) is 1.98. The number of hydrogen-bond donors (Lipinski definition) is 1. The number of allylic oxidation sites excluding steroid dienone is 1. The van der Waals surface area contributed by atoms with Gasteiger partial charge in [0.05, 0.1) is 0 Å². The summed E-state index contributed by atoms with van der Waals surface area (Å²) in [5, 5.41) is 2.61. The van der Waals surface area contributed by atoms with Gasteiger partial charge in [-0.15, -0.1) is 0 Å². The summed E-state index contributed by atoms with van der Waals surface area (Å²) in [5.41, 5.74) is 0.732. The zero-order valence-corrected chi connectivity index (χ0v) is 7.04. The van der Waals surface area contributed by atoms with E-state index in [1.807, 2.05) is 0 Å². The monoisotopic (exact) mass is 168 g/mol. The second kappa shape index (κ2) is 3.38. The van der Waals surface area contributed by atoms with Gasteiger partial charge in [-0.3, -0.25) is 9.59 Å². The Bertz CT molecular complexity index is 225. The predicted octanol–water partition coefficient (Wildman–Crippen LogP) is -0.133. The Morgan fingerprint density at radius 1 is 1.75 bits per heavy atom. The first-order chi connectivity index (χ1) is 5.65. The van der Waals surface area contributed by atoms with Gasteiger partial charge in [0.1, 0.15) is 6.04 Å². The summed E-state index contributed by atoms with van der Waals surface area (Å²) in [7, 11) is 1.60. The summed E-state index contributed by atoms with van der Waals surface area (Å²) in [6, 6.07) is -0.326. The van der Waals surface area contributed by atoms with Crippen LogP contribution in [0.4, 0.5) is 0 Å². The molecule has 4 nitrogen and oxygen atoms in total. The number of amides is 2. The highest BCUT2D eigenvalue weighted by molar-refractivity contribution is 5.85. The number of rotatable bonds is 2. The van der Waals surface area contributed by atoms with Gasteiger partial charge in [0, 0.05) is 12.7 Å². The Kier molecular flexibility index (Phi) is 2.47. The van der Waals surface area contributed by atoms with Crippen molar-refractivity contribution in [3.05, 3.63) is 12.3 Å². The molecule has 2 amide bonds. The van der Waals surface area contributed by atoms with E-state index < -0.39 is 0 Å². The van der Waals surface area contributed by atoms with Crippen molar-refractivity contribution in [2.75, 3.05) is 7.05 Å². The van der Waals surface area contributed by atoms with E-state index in [-0.39, 0.29) is 11.9 Å². The Hall–Kier alpha value is -1.32. The number of likely N-dealkylation sites (N-methyl/N-ethyl adjacent to an activating group) is 1. The van der Waals surface area contributed by atoms with Crippen molar-refractivity contribution >= 4 is 12.3 Å². The molecule has 1 unspecified atom stereocenters. The Morgan fingerprint density at radius 3 is 2.92 bits per heavy atom. The Balaban J connectivity index is 2.62. The summed E-state index contributed by atoms with van der Waals surface area (Å²) in [5.74, 6) is -0.138. The molecule has 4 heteroatoms. The van der Waals surface area contributed by atoms with Crippen molar-refractivity contribution in [1.29, 1.82) is 0 Å². The largest absolute Gasteiger partial charge is 0.336 e. The number of piperidine rings is 1. The molecule has 1 aliphatic rings.